The number of likely N-dealkylation sites (tertiary alicyclic amines) is 1. The monoisotopic (exact) mass is 409 g/mol. The second-order valence-corrected chi connectivity index (χ2v) is 8.49. The lowest BCUT2D eigenvalue weighted by Gasteiger charge is -2.27. The van der Waals surface area contributed by atoms with E-state index in [-0.39, 0.29) is 0 Å². The van der Waals surface area contributed by atoms with Crippen molar-refractivity contribution in [2.24, 2.45) is 0 Å². The molecule has 7 nitrogen and oxygen atoms in total. The molecule has 8 heteroatoms. The highest BCUT2D eigenvalue weighted by atomic mass is 32.1. The minimum atomic E-state index is 0.404. The van der Waals surface area contributed by atoms with Crippen LogP contribution in [0.3, 0.4) is 0 Å². The van der Waals surface area contributed by atoms with Crippen molar-refractivity contribution in [2.75, 3.05) is 31.2 Å². The highest BCUT2D eigenvalue weighted by Gasteiger charge is 2.24. The van der Waals surface area contributed by atoms with Gasteiger partial charge >= 0.3 is 0 Å². The minimum Gasteiger partial charge on any atom is -0.381 e. The second kappa shape index (κ2) is 8.84. The molecule has 4 heterocycles. The molecule has 1 fully saturated rings. The van der Waals surface area contributed by atoms with Crippen molar-refractivity contribution in [1.29, 1.82) is 0 Å². The van der Waals surface area contributed by atoms with Gasteiger partial charge in [0.2, 0.25) is 0 Å². The molecule has 0 amide bonds. The Bertz CT molecular complexity index is 949. The van der Waals surface area contributed by atoms with Gasteiger partial charge in [0, 0.05) is 24.9 Å². The highest BCUT2D eigenvalue weighted by Crippen LogP contribution is 2.37. The molecule has 152 valence electrons. The van der Waals surface area contributed by atoms with Crippen molar-refractivity contribution < 1.29 is 0 Å². The number of pyridine rings is 1. The van der Waals surface area contributed by atoms with Crippen LogP contribution in [-0.2, 0) is 13.0 Å². The zero-order chi connectivity index (χ0) is 20.2. The Balaban J connectivity index is 1.57. The summed E-state index contributed by atoms with van der Waals surface area (Å²) < 4.78 is 0. The van der Waals surface area contributed by atoms with Crippen molar-refractivity contribution in [2.45, 2.75) is 38.6 Å². The molecule has 0 atom stereocenters. The SMILES string of the molecule is CCc1nc(C2CCN(C)CC2)sc1-c1cnc(N)c(NCc2ccncc2)n1. The fourth-order valence-electron chi connectivity index (χ4n) is 3.56. The molecule has 29 heavy (non-hydrogen) atoms. The van der Waals surface area contributed by atoms with Gasteiger partial charge in [-0.3, -0.25) is 4.98 Å². The Hall–Kier alpha value is -2.58. The molecule has 1 saturated heterocycles. The summed E-state index contributed by atoms with van der Waals surface area (Å²) in [5, 5.41) is 4.54. The normalized spacial score (nSPS) is 15.5. The summed E-state index contributed by atoms with van der Waals surface area (Å²) in [7, 11) is 2.19. The Morgan fingerprint density at radius 3 is 2.69 bits per heavy atom. The van der Waals surface area contributed by atoms with Crippen LogP contribution in [-0.4, -0.2) is 45.0 Å². The van der Waals surface area contributed by atoms with Gasteiger partial charge in [0.1, 0.15) is 5.69 Å². The smallest absolute Gasteiger partial charge is 0.169 e. The molecule has 0 saturated carbocycles. The van der Waals surface area contributed by atoms with Crippen LogP contribution >= 0.6 is 11.3 Å². The summed E-state index contributed by atoms with van der Waals surface area (Å²) >= 11 is 1.76. The third-order valence-electron chi connectivity index (χ3n) is 5.36. The average molecular weight is 410 g/mol. The minimum absolute atomic E-state index is 0.404. The standard InChI is InChI=1S/C21H27N7S/c1-3-16-18(29-21(27-16)15-6-10-28(2)11-7-15)17-13-24-19(22)20(26-17)25-12-14-4-8-23-9-5-14/h4-5,8-9,13,15H,3,6-7,10-12H2,1-2H3,(H2,22,24)(H,25,26). The number of thiazole rings is 1. The van der Waals surface area contributed by atoms with Crippen molar-refractivity contribution in [1.82, 2.24) is 24.8 Å². The number of aryl methyl sites for hydroxylation is 1. The molecule has 3 aromatic rings. The first-order chi connectivity index (χ1) is 14.1. The van der Waals surface area contributed by atoms with Crippen LogP contribution in [0.25, 0.3) is 10.6 Å². The predicted molar refractivity (Wildman–Crippen MR) is 118 cm³/mol. The molecule has 0 bridgehead atoms. The van der Waals surface area contributed by atoms with Gasteiger partial charge in [-0.25, -0.2) is 15.0 Å². The van der Waals surface area contributed by atoms with Crippen molar-refractivity contribution >= 4 is 23.0 Å². The maximum absolute atomic E-state index is 6.07. The summed E-state index contributed by atoms with van der Waals surface area (Å²) in [5.41, 5.74) is 9.12. The van der Waals surface area contributed by atoms with Crippen LogP contribution < -0.4 is 11.1 Å². The quantitative estimate of drug-likeness (QED) is 0.643. The zero-order valence-corrected chi connectivity index (χ0v) is 17.7. The summed E-state index contributed by atoms with van der Waals surface area (Å²) in [5.74, 6) is 1.55. The van der Waals surface area contributed by atoms with Crippen LogP contribution in [0.2, 0.25) is 0 Å². The van der Waals surface area contributed by atoms with Gasteiger partial charge < -0.3 is 16.0 Å². The van der Waals surface area contributed by atoms with Crippen LogP contribution in [0.1, 0.15) is 41.9 Å². The first-order valence-corrected chi connectivity index (χ1v) is 10.9. The molecule has 0 unspecified atom stereocenters. The summed E-state index contributed by atoms with van der Waals surface area (Å²) in [6.07, 6.45) is 8.52. The number of nitrogen functional groups attached to an aromatic ring is 1. The lowest BCUT2D eigenvalue weighted by atomic mass is 9.98. The van der Waals surface area contributed by atoms with E-state index >= 15 is 0 Å². The van der Waals surface area contributed by atoms with E-state index in [1.807, 2.05) is 12.1 Å². The number of aromatic nitrogens is 4. The number of nitrogens with two attached hydrogens (primary N) is 1. The van der Waals surface area contributed by atoms with Crippen molar-refractivity contribution in [3.05, 3.63) is 47.0 Å². The van der Waals surface area contributed by atoms with Gasteiger partial charge in [-0.2, -0.15) is 0 Å². The lowest BCUT2D eigenvalue weighted by molar-refractivity contribution is 0.255. The molecule has 3 aromatic heterocycles. The van der Waals surface area contributed by atoms with E-state index in [0.717, 1.165) is 41.3 Å². The van der Waals surface area contributed by atoms with E-state index in [9.17, 15) is 0 Å². The lowest BCUT2D eigenvalue weighted by Crippen LogP contribution is -2.29. The molecule has 0 spiro atoms. The van der Waals surface area contributed by atoms with Crippen LogP contribution in [0.15, 0.2) is 30.7 Å². The van der Waals surface area contributed by atoms with E-state index in [1.54, 1.807) is 29.9 Å². The Morgan fingerprint density at radius 2 is 1.97 bits per heavy atom. The molecule has 0 radical (unpaired) electrons. The summed E-state index contributed by atoms with van der Waals surface area (Å²) in [6, 6.07) is 3.93. The zero-order valence-electron chi connectivity index (χ0n) is 16.9. The van der Waals surface area contributed by atoms with E-state index in [0.29, 0.717) is 24.1 Å². The summed E-state index contributed by atoms with van der Waals surface area (Å²) in [4.78, 5) is 21.7. The molecule has 0 aliphatic carbocycles. The number of rotatable bonds is 6. The third-order valence-corrected chi connectivity index (χ3v) is 6.64. The number of piperidine rings is 1. The molecule has 0 aromatic carbocycles. The van der Waals surface area contributed by atoms with Gasteiger partial charge in [0.25, 0.3) is 0 Å². The van der Waals surface area contributed by atoms with E-state index in [4.69, 9.17) is 15.7 Å². The van der Waals surface area contributed by atoms with Crippen molar-refractivity contribution in [3.63, 3.8) is 0 Å². The number of hydrogen-bond donors (Lipinski definition) is 2. The second-order valence-electron chi connectivity index (χ2n) is 7.46. The average Bonchev–Trinajstić information content (AvgIpc) is 3.19. The Morgan fingerprint density at radius 1 is 1.21 bits per heavy atom. The highest BCUT2D eigenvalue weighted by molar-refractivity contribution is 7.15. The van der Waals surface area contributed by atoms with E-state index < -0.39 is 0 Å². The largest absolute Gasteiger partial charge is 0.381 e. The van der Waals surface area contributed by atoms with E-state index in [2.05, 4.69) is 34.2 Å². The van der Waals surface area contributed by atoms with Gasteiger partial charge in [-0.05, 0) is 57.1 Å². The predicted octanol–water partition coefficient (Wildman–Crippen LogP) is 3.56. The van der Waals surface area contributed by atoms with Crippen LogP contribution in [0.4, 0.5) is 11.6 Å². The van der Waals surface area contributed by atoms with Crippen LogP contribution in [0, 0.1) is 0 Å². The Kier molecular flexibility index (Phi) is 6.01. The number of nitrogens with zero attached hydrogens (tertiary/aromatic N) is 5. The molecular formula is C21H27N7S. The number of nitrogens with one attached hydrogen (secondary N) is 1. The van der Waals surface area contributed by atoms with Gasteiger partial charge in [0.05, 0.1) is 21.8 Å². The third kappa shape index (κ3) is 4.54. The maximum Gasteiger partial charge on any atom is 0.169 e. The topological polar surface area (TPSA) is 92.9 Å². The van der Waals surface area contributed by atoms with E-state index in [1.165, 1.54) is 17.8 Å². The van der Waals surface area contributed by atoms with Gasteiger partial charge in [-0.1, -0.05) is 6.92 Å². The molecule has 1 aliphatic rings. The molecule has 4 rings (SSSR count). The fraction of sp³-hybridized carbons (Fsp3) is 0.429. The maximum atomic E-state index is 6.07. The van der Waals surface area contributed by atoms with Gasteiger partial charge in [-0.15, -0.1) is 11.3 Å². The van der Waals surface area contributed by atoms with Gasteiger partial charge in [0.15, 0.2) is 11.6 Å². The summed E-state index contributed by atoms with van der Waals surface area (Å²) in [6.45, 7) is 5.02. The van der Waals surface area contributed by atoms with Crippen LogP contribution in [0.5, 0.6) is 0 Å². The first kappa shape index (κ1) is 19.7. The molecule has 1 aliphatic heterocycles. The molecular weight excluding hydrogens is 382 g/mol. The number of anilines is 2. The Labute approximate surface area is 175 Å². The number of hydrogen-bond acceptors (Lipinski definition) is 8. The first-order valence-electron chi connectivity index (χ1n) is 10.1. The van der Waals surface area contributed by atoms with Crippen molar-refractivity contribution in [3.8, 4) is 10.6 Å². The molecule has 3 N–H and O–H groups in total. The fourth-order valence-corrected chi connectivity index (χ4v) is 4.84.